The predicted octanol–water partition coefficient (Wildman–Crippen LogP) is 7.28. The summed E-state index contributed by atoms with van der Waals surface area (Å²) in [7, 11) is -4.41. The van der Waals surface area contributed by atoms with Gasteiger partial charge in [0.2, 0.25) is 0 Å². The molecule has 0 atom stereocenters. The van der Waals surface area contributed by atoms with Crippen molar-refractivity contribution in [1.29, 1.82) is 0 Å². The Kier molecular flexibility index (Phi) is 10.9. The third-order valence-corrected chi connectivity index (χ3v) is 6.22. The van der Waals surface area contributed by atoms with E-state index >= 15 is 0 Å². The molecule has 0 saturated carbocycles. The second-order valence-corrected chi connectivity index (χ2v) is 9.59. The molecule has 0 aromatic heterocycles. The summed E-state index contributed by atoms with van der Waals surface area (Å²) in [5.74, 6) is 0.388. The number of rotatable bonds is 15. The first-order chi connectivity index (χ1) is 14.9. The van der Waals surface area contributed by atoms with E-state index in [1.54, 1.807) is 0 Å². The molecule has 172 valence electrons. The lowest BCUT2D eigenvalue weighted by atomic mass is 10.0. The molecule has 0 heterocycles. The van der Waals surface area contributed by atoms with E-state index in [0.29, 0.717) is 5.75 Å². The van der Waals surface area contributed by atoms with Crippen molar-refractivity contribution in [2.45, 2.75) is 88.9 Å². The molecule has 0 fully saturated rings. The van der Waals surface area contributed by atoms with Gasteiger partial charge in [0.05, 0.1) is 0 Å². The van der Waals surface area contributed by atoms with Crippen molar-refractivity contribution in [2.75, 3.05) is 0 Å². The van der Waals surface area contributed by atoms with Crippen molar-refractivity contribution in [3.8, 4) is 17.2 Å². The predicted molar refractivity (Wildman–Crippen MR) is 125 cm³/mol. The molecule has 0 spiro atoms. The molecule has 2 rings (SSSR count). The summed E-state index contributed by atoms with van der Waals surface area (Å²) in [5.41, 5.74) is 1.23. The summed E-state index contributed by atoms with van der Waals surface area (Å²) in [6.07, 6.45) is 15.6. The van der Waals surface area contributed by atoms with Gasteiger partial charge in [-0.1, -0.05) is 83.3 Å². The SMILES string of the molecule is CCCCCCCCCCCCCc1ccc(Oc2cc(O)cc(S(=O)(=O)O)c2)cc1. The van der Waals surface area contributed by atoms with Crippen LogP contribution in [0.25, 0.3) is 0 Å². The second kappa shape index (κ2) is 13.4. The topological polar surface area (TPSA) is 83.8 Å². The van der Waals surface area contributed by atoms with E-state index in [9.17, 15) is 13.5 Å². The molecule has 0 aliphatic carbocycles. The summed E-state index contributed by atoms with van der Waals surface area (Å²) in [6, 6.07) is 11.1. The third kappa shape index (κ3) is 10.2. The van der Waals surface area contributed by atoms with Gasteiger partial charge in [0.1, 0.15) is 22.1 Å². The van der Waals surface area contributed by atoms with Crippen LogP contribution in [0.15, 0.2) is 47.4 Å². The first kappa shape index (κ1) is 25.2. The summed E-state index contributed by atoms with van der Waals surface area (Å²) in [5, 5.41) is 9.66. The zero-order valence-corrected chi connectivity index (χ0v) is 19.4. The molecule has 0 unspecified atom stereocenters. The van der Waals surface area contributed by atoms with Crippen LogP contribution in [0, 0.1) is 0 Å². The van der Waals surface area contributed by atoms with E-state index in [1.807, 2.05) is 24.3 Å². The van der Waals surface area contributed by atoms with E-state index in [0.717, 1.165) is 12.5 Å². The molecule has 31 heavy (non-hydrogen) atoms. The summed E-state index contributed by atoms with van der Waals surface area (Å²) < 4.78 is 37.3. The van der Waals surface area contributed by atoms with Gasteiger partial charge >= 0.3 is 0 Å². The smallest absolute Gasteiger partial charge is 0.294 e. The monoisotopic (exact) mass is 448 g/mol. The molecular weight excluding hydrogens is 412 g/mol. The average molecular weight is 449 g/mol. The second-order valence-electron chi connectivity index (χ2n) is 8.17. The molecule has 6 heteroatoms. The first-order valence-electron chi connectivity index (χ1n) is 11.5. The van der Waals surface area contributed by atoms with Crippen LogP contribution in [0.1, 0.15) is 83.1 Å². The zero-order valence-electron chi connectivity index (χ0n) is 18.6. The minimum absolute atomic E-state index is 0.144. The number of aryl methyl sites for hydroxylation is 1. The maximum Gasteiger partial charge on any atom is 0.294 e. The van der Waals surface area contributed by atoms with Crippen molar-refractivity contribution < 1.29 is 22.8 Å². The lowest BCUT2D eigenvalue weighted by Crippen LogP contribution is -1.98. The minimum Gasteiger partial charge on any atom is -0.508 e. The third-order valence-electron chi connectivity index (χ3n) is 5.39. The Morgan fingerprint density at radius 1 is 0.742 bits per heavy atom. The number of benzene rings is 2. The van der Waals surface area contributed by atoms with Crippen LogP contribution < -0.4 is 4.74 Å². The van der Waals surface area contributed by atoms with Crippen molar-refractivity contribution >= 4 is 10.1 Å². The van der Waals surface area contributed by atoms with Crippen LogP contribution in [0.4, 0.5) is 0 Å². The highest BCUT2D eigenvalue weighted by Gasteiger charge is 2.13. The Morgan fingerprint density at radius 2 is 1.29 bits per heavy atom. The van der Waals surface area contributed by atoms with E-state index in [2.05, 4.69) is 6.92 Å². The fourth-order valence-electron chi connectivity index (χ4n) is 3.62. The van der Waals surface area contributed by atoms with Crippen molar-refractivity contribution in [3.05, 3.63) is 48.0 Å². The summed E-state index contributed by atoms with van der Waals surface area (Å²) in [4.78, 5) is -0.407. The van der Waals surface area contributed by atoms with Gasteiger partial charge in [-0.2, -0.15) is 8.42 Å². The zero-order chi connectivity index (χ0) is 22.5. The lowest BCUT2D eigenvalue weighted by molar-refractivity contribution is 0.447. The highest BCUT2D eigenvalue weighted by atomic mass is 32.2. The number of unbranched alkanes of at least 4 members (excludes halogenated alkanes) is 10. The Morgan fingerprint density at radius 3 is 1.84 bits per heavy atom. The van der Waals surface area contributed by atoms with Gasteiger partial charge in [0.25, 0.3) is 10.1 Å². The molecule has 2 N–H and O–H groups in total. The quantitative estimate of drug-likeness (QED) is 0.221. The lowest BCUT2D eigenvalue weighted by Gasteiger charge is -2.09. The van der Waals surface area contributed by atoms with Crippen LogP contribution in [-0.4, -0.2) is 18.1 Å². The van der Waals surface area contributed by atoms with Crippen molar-refractivity contribution in [3.63, 3.8) is 0 Å². The standard InChI is InChI=1S/C25H36O5S/c1-2-3-4-5-6-7-8-9-10-11-12-13-21-14-16-23(17-15-21)30-24-18-22(26)19-25(20-24)31(27,28)29/h14-20,26H,2-13H2,1H3,(H,27,28,29). The molecule has 0 aliphatic heterocycles. The molecule has 0 aliphatic rings. The van der Waals surface area contributed by atoms with Crippen LogP contribution >= 0.6 is 0 Å². The van der Waals surface area contributed by atoms with Gasteiger partial charge in [-0.3, -0.25) is 4.55 Å². The van der Waals surface area contributed by atoms with Gasteiger partial charge in [0.15, 0.2) is 0 Å². The van der Waals surface area contributed by atoms with Gasteiger partial charge in [-0.15, -0.1) is 0 Å². The number of phenolic OH excluding ortho intramolecular Hbond substituents is 1. The van der Waals surface area contributed by atoms with Gasteiger partial charge in [0, 0.05) is 18.2 Å². The van der Waals surface area contributed by atoms with Gasteiger partial charge in [-0.05, 0) is 30.5 Å². The average Bonchev–Trinajstić information content (AvgIpc) is 2.72. The summed E-state index contributed by atoms with van der Waals surface area (Å²) >= 11 is 0. The van der Waals surface area contributed by atoms with Gasteiger partial charge in [-0.25, -0.2) is 0 Å². The molecular formula is C25H36O5S. The maximum atomic E-state index is 11.3. The number of ether oxygens (including phenoxy) is 1. The number of hydrogen-bond acceptors (Lipinski definition) is 4. The number of phenols is 1. The highest BCUT2D eigenvalue weighted by molar-refractivity contribution is 7.85. The Bertz CT molecular complexity index is 875. The Labute approximate surface area is 187 Å². The summed E-state index contributed by atoms with van der Waals surface area (Å²) in [6.45, 7) is 2.25. The van der Waals surface area contributed by atoms with Crippen LogP contribution in [0.5, 0.6) is 17.2 Å². The van der Waals surface area contributed by atoms with E-state index in [1.165, 1.54) is 88.3 Å². The van der Waals surface area contributed by atoms with Crippen LogP contribution in [-0.2, 0) is 16.5 Å². The maximum absolute atomic E-state index is 11.3. The van der Waals surface area contributed by atoms with Crippen LogP contribution in [0.3, 0.4) is 0 Å². The molecule has 2 aromatic rings. The fourth-order valence-corrected chi connectivity index (χ4v) is 4.15. The van der Waals surface area contributed by atoms with Crippen molar-refractivity contribution in [1.82, 2.24) is 0 Å². The molecule has 0 saturated heterocycles. The van der Waals surface area contributed by atoms with Crippen LogP contribution in [0.2, 0.25) is 0 Å². The number of aromatic hydroxyl groups is 1. The highest BCUT2D eigenvalue weighted by Crippen LogP contribution is 2.29. The van der Waals surface area contributed by atoms with E-state index < -0.39 is 15.0 Å². The normalized spacial score (nSPS) is 11.5. The Hall–Kier alpha value is -2.05. The first-order valence-corrected chi connectivity index (χ1v) is 12.9. The van der Waals surface area contributed by atoms with E-state index in [4.69, 9.17) is 9.29 Å². The minimum atomic E-state index is -4.41. The molecule has 0 radical (unpaired) electrons. The molecule has 0 bridgehead atoms. The fraction of sp³-hybridized carbons (Fsp3) is 0.520. The largest absolute Gasteiger partial charge is 0.508 e. The molecule has 0 amide bonds. The molecule has 5 nitrogen and oxygen atoms in total. The van der Waals surface area contributed by atoms with Crippen molar-refractivity contribution in [2.24, 2.45) is 0 Å². The number of hydrogen-bond donors (Lipinski definition) is 2. The molecule has 2 aromatic carbocycles. The van der Waals surface area contributed by atoms with Gasteiger partial charge < -0.3 is 9.84 Å². The Balaban J connectivity index is 1.67. The van der Waals surface area contributed by atoms with E-state index in [-0.39, 0.29) is 11.5 Å².